The Morgan fingerprint density at radius 2 is 1.38 bits per heavy atom. The molecule has 0 saturated heterocycles. The summed E-state index contributed by atoms with van der Waals surface area (Å²) in [5, 5.41) is 13.3. The second kappa shape index (κ2) is 6.09. The molecule has 0 saturated carbocycles. The van der Waals surface area contributed by atoms with Gasteiger partial charge in [0.15, 0.2) is 0 Å². The van der Waals surface area contributed by atoms with Gasteiger partial charge in [0.25, 0.3) is 0 Å². The Labute approximate surface area is 50.5 Å². The Balaban J connectivity index is 0. The van der Waals surface area contributed by atoms with Crippen LogP contribution in [-0.4, -0.2) is 21.6 Å². The third kappa shape index (κ3) is 103. The standard InChI is InChI=1S/CH3NO2.CH2O2S/c2*2-1(3)4/h2H2,(H,3,4);4H,(H,2,3). The Kier molecular flexibility index (Phi) is 7.73. The van der Waals surface area contributed by atoms with Crippen molar-refractivity contribution in [3.05, 3.63) is 0 Å². The van der Waals surface area contributed by atoms with Crippen LogP contribution in [0.15, 0.2) is 0 Å². The van der Waals surface area contributed by atoms with Gasteiger partial charge < -0.3 is 15.9 Å². The largest absolute Gasteiger partial charge is 0.473 e. The summed E-state index contributed by atoms with van der Waals surface area (Å²) in [5.41, 5.74) is 4.03. The van der Waals surface area contributed by atoms with Crippen LogP contribution < -0.4 is 5.73 Å². The van der Waals surface area contributed by atoms with Gasteiger partial charge in [0.05, 0.1) is 0 Å². The summed E-state index contributed by atoms with van der Waals surface area (Å²) in [5.74, 6) is 0. The minimum absolute atomic E-state index is 1.14. The molecule has 1 amide bonds. The Bertz CT molecular complexity index is 72.0. The minimum Gasteiger partial charge on any atom is -0.473 e. The molecule has 4 N–H and O–H groups in total. The Hall–Kier alpha value is -0.910. The van der Waals surface area contributed by atoms with Gasteiger partial charge in [-0.3, -0.25) is 0 Å². The van der Waals surface area contributed by atoms with Crippen molar-refractivity contribution in [2.75, 3.05) is 0 Å². The molecule has 0 rings (SSSR count). The van der Waals surface area contributed by atoms with Crippen LogP contribution in [0.5, 0.6) is 0 Å². The molecule has 0 aliphatic rings. The van der Waals surface area contributed by atoms with Gasteiger partial charge in [0.1, 0.15) is 0 Å². The molecule has 0 fully saturated rings. The summed E-state index contributed by atoms with van der Waals surface area (Å²) in [6, 6.07) is 0. The van der Waals surface area contributed by atoms with Crippen LogP contribution in [0, 0.1) is 0 Å². The van der Waals surface area contributed by atoms with Gasteiger partial charge in [0, 0.05) is 0 Å². The summed E-state index contributed by atoms with van der Waals surface area (Å²) in [6.07, 6.45) is -1.33. The van der Waals surface area contributed by atoms with Gasteiger partial charge in [0.2, 0.25) is 0 Å². The molecule has 8 heavy (non-hydrogen) atoms. The fraction of sp³-hybridized carbons (Fsp3) is 0. The molecule has 0 aromatic carbocycles. The Morgan fingerprint density at radius 3 is 1.38 bits per heavy atom. The number of hydrogen-bond acceptors (Lipinski definition) is 2. The van der Waals surface area contributed by atoms with E-state index in [9.17, 15) is 0 Å². The van der Waals surface area contributed by atoms with E-state index in [0.29, 0.717) is 0 Å². The van der Waals surface area contributed by atoms with Crippen LogP contribution in [0.25, 0.3) is 0 Å². The molecule has 0 bridgehead atoms. The minimum atomic E-state index is -1.33. The van der Waals surface area contributed by atoms with Crippen molar-refractivity contribution in [2.24, 2.45) is 5.73 Å². The highest BCUT2D eigenvalue weighted by atomic mass is 32.1. The fourth-order valence-electron chi connectivity index (χ4n) is 0. The van der Waals surface area contributed by atoms with Crippen LogP contribution in [0.1, 0.15) is 0 Å². The molecular formula is C2H5NO4S. The number of rotatable bonds is 0. The maximum atomic E-state index is 8.86. The topological polar surface area (TPSA) is 101 Å². The van der Waals surface area contributed by atoms with E-state index in [-0.39, 0.29) is 0 Å². The molecule has 0 radical (unpaired) electrons. The predicted molar refractivity (Wildman–Crippen MR) is 29.2 cm³/mol. The lowest BCUT2D eigenvalue weighted by Crippen LogP contribution is -2.03. The number of carboxylic acid groups (broad SMARTS) is 2. The summed E-state index contributed by atoms with van der Waals surface area (Å²) in [7, 11) is 0. The first kappa shape index (κ1) is 10.1. The number of primary amides is 1. The van der Waals surface area contributed by atoms with E-state index in [2.05, 4.69) is 18.4 Å². The van der Waals surface area contributed by atoms with Gasteiger partial charge >= 0.3 is 11.4 Å². The van der Waals surface area contributed by atoms with Crippen LogP contribution >= 0.6 is 12.6 Å². The molecule has 0 aromatic rings. The first-order valence-corrected chi connectivity index (χ1v) is 1.81. The lowest BCUT2D eigenvalue weighted by atomic mass is 11.3. The monoisotopic (exact) mass is 139 g/mol. The maximum Gasteiger partial charge on any atom is 0.402 e. The molecule has 6 heteroatoms. The van der Waals surface area contributed by atoms with Gasteiger partial charge in [-0.15, -0.1) is 0 Å². The second-order valence-electron chi connectivity index (χ2n) is 0.621. The normalized spacial score (nSPS) is 6.12. The van der Waals surface area contributed by atoms with Gasteiger partial charge in [-0.1, -0.05) is 12.6 Å². The highest BCUT2D eigenvalue weighted by Gasteiger charge is 1.67. The summed E-state index contributed by atoms with van der Waals surface area (Å²) < 4.78 is 0. The van der Waals surface area contributed by atoms with Gasteiger partial charge in [-0.2, -0.15) is 0 Å². The van der Waals surface area contributed by atoms with Crippen LogP contribution in [0.4, 0.5) is 9.59 Å². The smallest absolute Gasteiger partial charge is 0.402 e. The molecule has 5 nitrogen and oxygen atoms in total. The van der Waals surface area contributed by atoms with Crippen molar-refractivity contribution >= 4 is 24.0 Å². The zero-order valence-electron chi connectivity index (χ0n) is 3.74. The van der Waals surface area contributed by atoms with Crippen molar-refractivity contribution in [2.45, 2.75) is 0 Å². The molecule has 0 unspecified atom stereocenters. The van der Waals surface area contributed by atoms with E-state index in [0.717, 1.165) is 0 Å². The number of hydrogen-bond donors (Lipinski definition) is 4. The fourth-order valence-corrected chi connectivity index (χ4v) is 0. The van der Waals surface area contributed by atoms with E-state index >= 15 is 0 Å². The first-order chi connectivity index (χ1) is 3.46. The number of thiol groups is 1. The zero-order valence-corrected chi connectivity index (χ0v) is 4.63. The summed E-state index contributed by atoms with van der Waals surface area (Å²) in [4.78, 5) is 17.6. The van der Waals surface area contributed by atoms with Crippen LogP contribution in [0.2, 0.25) is 0 Å². The molecule has 0 aromatic heterocycles. The van der Waals surface area contributed by atoms with Crippen LogP contribution in [-0.2, 0) is 0 Å². The third-order valence-electron chi connectivity index (χ3n) is 0. The zero-order chi connectivity index (χ0) is 7.15. The van der Waals surface area contributed by atoms with Gasteiger partial charge in [-0.25, -0.2) is 9.59 Å². The van der Waals surface area contributed by atoms with E-state index in [4.69, 9.17) is 19.8 Å². The van der Waals surface area contributed by atoms with Crippen molar-refractivity contribution in [3.63, 3.8) is 0 Å². The average Bonchev–Trinajstić information content (AvgIpc) is 1.25. The number of amides is 1. The van der Waals surface area contributed by atoms with E-state index < -0.39 is 11.4 Å². The van der Waals surface area contributed by atoms with Crippen molar-refractivity contribution < 1.29 is 19.8 Å². The maximum absolute atomic E-state index is 8.86. The Morgan fingerprint density at radius 1 is 1.38 bits per heavy atom. The van der Waals surface area contributed by atoms with E-state index in [1.165, 1.54) is 0 Å². The summed E-state index contributed by atoms with van der Waals surface area (Å²) >= 11 is 2.88. The average molecular weight is 139 g/mol. The third-order valence-corrected chi connectivity index (χ3v) is 0. The predicted octanol–water partition coefficient (Wildman–Crippen LogP) is 0.217. The van der Waals surface area contributed by atoms with Crippen molar-refractivity contribution in [1.29, 1.82) is 0 Å². The highest BCUT2D eigenvalue weighted by molar-refractivity contribution is 7.96. The molecule has 0 heterocycles. The van der Waals surface area contributed by atoms with Crippen molar-refractivity contribution in [3.8, 4) is 0 Å². The molecule has 0 aliphatic heterocycles. The van der Waals surface area contributed by atoms with E-state index in [1.807, 2.05) is 0 Å². The van der Waals surface area contributed by atoms with Crippen LogP contribution in [0.3, 0.4) is 0 Å². The van der Waals surface area contributed by atoms with E-state index in [1.54, 1.807) is 0 Å². The molecule has 0 spiro atoms. The number of carbonyl (C=O) groups is 2. The second-order valence-corrected chi connectivity index (χ2v) is 1.00. The number of nitrogens with two attached hydrogens (primary N) is 1. The lowest BCUT2D eigenvalue weighted by molar-refractivity contribution is 0.205. The molecule has 0 aliphatic carbocycles. The molecule has 0 atom stereocenters. The molecule has 48 valence electrons. The molecular weight excluding hydrogens is 134 g/mol. The lowest BCUT2D eigenvalue weighted by Gasteiger charge is -1.61. The highest BCUT2D eigenvalue weighted by Crippen LogP contribution is 1.66. The summed E-state index contributed by atoms with van der Waals surface area (Å²) in [6.45, 7) is 0. The SMILES string of the molecule is NC(=O)O.O=C(O)S. The van der Waals surface area contributed by atoms with Gasteiger partial charge in [-0.05, 0) is 0 Å². The quantitative estimate of drug-likeness (QED) is 0.360. The van der Waals surface area contributed by atoms with Crippen molar-refractivity contribution in [1.82, 2.24) is 0 Å². The first-order valence-electron chi connectivity index (χ1n) is 1.37.